The molecule has 0 spiro atoms. The lowest BCUT2D eigenvalue weighted by molar-refractivity contribution is -0.142. The predicted molar refractivity (Wildman–Crippen MR) is 79.3 cm³/mol. The van der Waals surface area contributed by atoms with Crippen molar-refractivity contribution >= 4 is 5.91 Å². The Morgan fingerprint density at radius 2 is 2.00 bits per heavy atom. The molecule has 1 aromatic rings. The summed E-state index contributed by atoms with van der Waals surface area (Å²) in [6.07, 6.45) is -0.425. The molecule has 0 saturated heterocycles. The van der Waals surface area contributed by atoms with E-state index >= 15 is 0 Å². The van der Waals surface area contributed by atoms with Crippen molar-refractivity contribution in [3.63, 3.8) is 0 Å². The van der Waals surface area contributed by atoms with E-state index < -0.39 is 6.10 Å². The van der Waals surface area contributed by atoms with Gasteiger partial charge in [-0.2, -0.15) is 0 Å². The Hall–Kier alpha value is -1.75. The van der Waals surface area contributed by atoms with Gasteiger partial charge in [0.2, 0.25) is 6.79 Å². The SMILES string of the molecule is CC(C)CO[C@@H](C)C(=O)N(C)Cc1ccc2c(c1)OCO2. The van der Waals surface area contributed by atoms with Crippen LogP contribution in [-0.2, 0) is 16.1 Å². The summed E-state index contributed by atoms with van der Waals surface area (Å²) < 4.78 is 16.2. The van der Waals surface area contributed by atoms with Gasteiger partial charge in [-0.05, 0) is 30.5 Å². The third-order valence-electron chi connectivity index (χ3n) is 3.26. The van der Waals surface area contributed by atoms with Crippen LogP contribution >= 0.6 is 0 Å². The molecule has 1 atom stereocenters. The fourth-order valence-electron chi connectivity index (χ4n) is 2.11. The molecule has 1 heterocycles. The second-order valence-electron chi connectivity index (χ2n) is 5.75. The molecule has 1 amide bonds. The molecule has 0 bridgehead atoms. The predicted octanol–water partition coefficient (Wildman–Crippen LogP) is 2.43. The van der Waals surface area contributed by atoms with Crippen molar-refractivity contribution in [1.82, 2.24) is 4.90 Å². The van der Waals surface area contributed by atoms with Gasteiger partial charge in [-0.3, -0.25) is 4.79 Å². The topological polar surface area (TPSA) is 48.0 Å². The van der Waals surface area contributed by atoms with Gasteiger partial charge in [-0.1, -0.05) is 19.9 Å². The Kier molecular flexibility index (Phi) is 5.07. The van der Waals surface area contributed by atoms with Gasteiger partial charge in [0.05, 0.1) is 0 Å². The number of rotatable bonds is 6. The summed E-state index contributed by atoms with van der Waals surface area (Å²) in [4.78, 5) is 13.9. The van der Waals surface area contributed by atoms with Crippen molar-refractivity contribution in [2.45, 2.75) is 33.4 Å². The number of fused-ring (bicyclic) bond motifs is 1. The molecule has 0 saturated carbocycles. The summed E-state index contributed by atoms with van der Waals surface area (Å²) >= 11 is 0. The molecule has 0 radical (unpaired) electrons. The Balaban J connectivity index is 1.91. The first-order valence-electron chi connectivity index (χ1n) is 7.22. The van der Waals surface area contributed by atoms with Gasteiger partial charge in [0.25, 0.3) is 5.91 Å². The van der Waals surface area contributed by atoms with Crippen molar-refractivity contribution in [3.05, 3.63) is 23.8 Å². The van der Waals surface area contributed by atoms with E-state index in [2.05, 4.69) is 13.8 Å². The van der Waals surface area contributed by atoms with Crippen molar-refractivity contribution in [2.75, 3.05) is 20.4 Å². The highest BCUT2D eigenvalue weighted by atomic mass is 16.7. The first kappa shape index (κ1) is 15.6. The molecule has 0 aliphatic carbocycles. The minimum absolute atomic E-state index is 0.0201. The Morgan fingerprint density at radius 3 is 2.71 bits per heavy atom. The number of carbonyl (C=O) groups is 1. The summed E-state index contributed by atoms with van der Waals surface area (Å²) in [6, 6.07) is 5.72. The average Bonchev–Trinajstić information content (AvgIpc) is 2.91. The van der Waals surface area contributed by atoms with Gasteiger partial charge in [0.1, 0.15) is 6.10 Å². The zero-order valence-electron chi connectivity index (χ0n) is 13.1. The van der Waals surface area contributed by atoms with Crippen LogP contribution in [0.25, 0.3) is 0 Å². The fourth-order valence-corrected chi connectivity index (χ4v) is 2.11. The van der Waals surface area contributed by atoms with Crippen LogP contribution in [0, 0.1) is 5.92 Å². The standard InChI is InChI=1S/C16H23NO4/c1-11(2)9-19-12(3)16(18)17(4)8-13-5-6-14-15(7-13)21-10-20-14/h5-7,11-12H,8-10H2,1-4H3/t12-/m0/s1. The summed E-state index contributed by atoms with van der Waals surface area (Å²) in [5.41, 5.74) is 1.01. The summed E-state index contributed by atoms with van der Waals surface area (Å²) in [5, 5.41) is 0. The second-order valence-corrected chi connectivity index (χ2v) is 5.75. The van der Waals surface area contributed by atoms with Crippen molar-refractivity contribution in [3.8, 4) is 11.5 Å². The fraction of sp³-hybridized carbons (Fsp3) is 0.562. The first-order chi connectivity index (χ1) is 9.97. The third kappa shape index (κ3) is 4.11. The molecule has 0 unspecified atom stereocenters. The molecule has 5 heteroatoms. The van der Waals surface area contributed by atoms with Gasteiger partial charge < -0.3 is 19.1 Å². The molecule has 1 aromatic carbocycles. The highest BCUT2D eigenvalue weighted by Crippen LogP contribution is 2.32. The van der Waals surface area contributed by atoms with E-state index in [0.29, 0.717) is 19.1 Å². The molecule has 2 rings (SSSR count). The van der Waals surface area contributed by atoms with E-state index in [1.165, 1.54) is 0 Å². The zero-order valence-corrected chi connectivity index (χ0v) is 13.1. The summed E-state index contributed by atoms with van der Waals surface area (Å²) in [6.45, 7) is 7.28. The molecule has 21 heavy (non-hydrogen) atoms. The molecule has 0 aromatic heterocycles. The highest BCUT2D eigenvalue weighted by molar-refractivity contribution is 5.80. The minimum Gasteiger partial charge on any atom is -0.454 e. The lowest BCUT2D eigenvalue weighted by Crippen LogP contribution is -2.36. The lowest BCUT2D eigenvalue weighted by Gasteiger charge is -2.22. The summed E-state index contributed by atoms with van der Waals surface area (Å²) in [7, 11) is 1.78. The molecule has 1 aliphatic rings. The number of carbonyl (C=O) groups excluding carboxylic acids is 1. The van der Waals surface area contributed by atoms with Gasteiger partial charge in [0.15, 0.2) is 11.5 Å². The highest BCUT2D eigenvalue weighted by Gasteiger charge is 2.20. The minimum atomic E-state index is -0.425. The maximum absolute atomic E-state index is 12.2. The van der Waals surface area contributed by atoms with Crippen LogP contribution in [0.2, 0.25) is 0 Å². The maximum Gasteiger partial charge on any atom is 0.251 e. The molecule has 0 fully saturated rings. The van der Waals surface area contributed by atoms with Crippen LogP contribution in [0.4, 0.5) is 0 Å². The van der Waals surface area contributed by atoms with Crippen LogP contribution in [0.3, 0.4) is 0 Å². The Bertz CT molecular complexity index is 501. The van der Waals surface area contributed by atoms with Gasteiger partial charge in [-0.15, -0.1) is 0 Å². The number of amides is 1. The molecular weight excluding hydrogens is 270 g/mol. The molecule has 0 N–H and O–H groups in total. The normalized spacial score (nSPS) is 14.3. The van der Waals surface area contributed by atoms with Crippen molar-refractivity contribution < 1.29 is 19.0 Å². The molecule has 116 valence electrons. The smallest absolute Gasteiger partial charge is 0.251 e. The van der Waals surface area contributed by atoms with E-state index in [1.807, 2.05) is 18.2 Å². The largest absolute Gasteiger partial charge is 0.454 e. The zero-order chi connectivity index (χ0) is 15.4. The summed E-state index contributed by atoms with van der Waals surface area (Å²) in [5.74, 6) is 1.88. The number of hydrogen-bond acceptors (Lipinski definition) is 4. The van der Waals surface area contributed by atoms with Crippen LogP contribution in [0.5, 0.6) is 11.5 Å². The van der Waals surface area contributed by atoms with Crippen molar-refractivity contribution in [1.29, 1.82) is 0 Å². The van der Waals surface area contributed by atoms with Crippen LogP contribution in [0.15, 0.2) is 18.2 Å². The Labute approximate surface area is 125 Å². The Morgan fingerprint density at radius 1 is 1.29 bits per heavy atom. The number of nitrogens with zero attached hydrogens (tertiary/aromatic N) is 1. The van der Waals surface area contributed by atoms with Gasteiger partial charge >= 0.3 is 0 Å². The van der Waals surface area contributed by atoms with Crippen molar-refractivity contribution in [2.24, 2.45) is 5.92 Å². The van der Waals surface area contributed by atoms with Gasteiger partial charge in [-0.25, -0.2) is 0 Å². The molecule has 1 aliphatic heterocycles. The first-order valence-corrected chi connectivity index (χ1v) is 7.22. The van der Waals surface area contributed by atoms with Gasteiger partial charge in [0, 0.05) is 20.2 Å². The number of benzene rings is 1. The maximum atomic E-state index is 12.2. The number of hydrogen-bond donors (Lipinski definition) is 0. The van der Waals surface area contributed by atoms with Crippen LogP contribution in [-0.4, -0.2) is 37.4 Å². The van der Waals surface area contributed by atoms with Crippen LogP contribution < -0.4 is 9.47 Å². The second kappa shape index (κ2) is 6.80. The van der Waals surface area contributed by atoms with E-state index in [0.717, 1.165) is 17.1 Å². The van der Waals surface area contributed by atoms with E-state index in [4.69, 9.17) is 14.2 Å². The quantitative estimate of drug-likeness (QED) is 0.808. The monoisotopic (exact) mass is 293 g/mol. The number of ether oxygens (including phenoxy) is 3. The van der Waals surface area contributed by atoms with E-state index in [9.17, 15) is 4.79 Å². The van der Waals surface area contributed by atoms with E-state index in [-0.39, 0.29) is 12.7 Å². The average molecular weight is 293 g/mol. The molecular formula is C16H23NO4. The number of likely N-dealkylation sites (N-methyl/N-ethyl adjacent to an activating group) is 1. The van der Waals surface area contributed by atoms with Crippen LogP contribution in [0.1, 0.15) is 26.3 Å². The lowest BCUT2D eigenvalue weighted by atomic mass is 10.2. The van der Waals surface area contributed by atoms with E-state index in [1.54, 1.807) is 18.9 Å². The molecule has 5 nitrogen and oxygen atoms in total. The third-order valence-corrected chi connectivity index (χ3v) is 3.26.